The molecule has 5 aromatic heterocycles. The van der Waals surface area contributed by atoms with Crippen LogP contribution in [0.1, 0.15) is 5.56 Å². The van der Waals surface area contributed by atoms with Crippen LogP contribution < -0.4 is 0 Å². The Labute approximate surface area is 588 Å². The number of hydrogen-bond acceptors (Lipinski definition) is 2. The zero-order chi connectivity index (χ0) is 67.4. The summed E-state index contributed by atoms with van der Waals surface area (Å²) >= 11 is 0. The summed E-state index contributed by atoms with van der Waals surface area (Å²) in [5, 5.41) is 21.5. The fourth-order valence-electron chi connectivity index (χ4n) is 16.4. The summed E-state index contributed by atoms with van der Waals surface area (Å²) < 4.78 is 9.47. The van der Waals surface area contributed by atoms with E-state index in [0.717, 1.165) is 156 Å². The van der Waals surface area contributed by atoms with Gasteiger partial charge >= 0.3 is 0 Å². The van der Waals surface area contributed by atoms with Gasteiger partial charge in [0.25, 0.3) is 0 Å². The van der Waals surface area contributed by atoms with E-state index in [9.17, 15) is 5.26 Å². The Kier molecular flexibility index (Phi) is 13.6. The number of rotatable bonds is 11. The zero-order valence-corrected chi connectivity index (χ0v) is 55.3. The molecular formula is C96H60N6. The van der Waals surface area contributed by atoms with Crippen LogP contribution in [0.4, 0.5) is 0 Å². The molecule has 0 unspecified atom stereocenters. The first kappa shape index (κ1) is 58.3. The summed E-state index contributed by atoms with van der Waals surface area (Å²) in [7, 11) is 0. The van der Waals surface area contributed by atoms with Gasteiger partial charge in [-0.1, -0.05) is 255 Å². The molecule has 0 atom stereocenters. The number of aromatic nitrogens is 5. The van der Waals surface area contributed by atoms with E-state index in [1.807, 2.05) is 6.07 Å². The van der Waals surface area contributed by atoms with Crippen molar-refractivity contribution in [3.63, 3.8) is 0 Å². The average molecular weight is 1300 g/mol. The predicted octanol–water partition coefficient (Wildman–Crippen LogP) is 25.0. The Morgan fingerprint density at radius 3 is 0.765 bits per heavy atom. The molecule has 0 fully saturated rings. The van der Waals surface area contributed by atoms with Gasteiger partial charge in [0.1, 0.15) is 17.7 Å². The van der Waals surface area contributed by atoms with Gasteiger partial charge in [0, 0.05) is 65.6 Å². The average Bonchev–Trinajstić information content (AvgIpc) is 1.29. The maximum absolute atomic E-state index is 12.2. The first-order chi connectivity index (χ1) is 50.6. The Balaban J connectivity index is 0.866. The van der Waals surface area contributed by atoms with E-state index < -0.39 is 0 Å². The topological polar surface area (TPSA) is 56.4 Å². The number of pyridine rings is 1. The summed E-state index contributed by atoms with van der Waals surface area (Å²) in [5.74, 6) is 1.46. The highest BCUT2D eigenvalue weighted by atomic mass is 15.1. The van der Waals surface area contributed by atoms with Crippen LogP contribution in [-0.2, 0) is 0 Å². The molecule has 6 nitrogen and oxygen atoms in total. The van der Waals surface area contributed by atoms with Crippen LogP contribution in [-0.4, -0.2) is 23.3 Å². The van der Waals surface area contributed by atoms with Crippen molar-refractivity contribution in [2.24, 2.45) is 0 Å². The molecule has 15 aromatic carbocycles. The third-order valence-electron chi connectivity index (χ3n) is 20.8. The van der Waals surface area contributed by atoms with E-state index in [1.54, 1.807) is 0 Å². The number of hydrogen-bond donors (Lipinski definition) is 0. The number of benzene rings is 15. The highest BCUT2D eigenvalue weighted by molar-refractivity contribution is 6.16. The lowest BCUT2D eigenvalue weighted by atomic mass is 9.76. The van der Waals surface area contributed by atoms with Crippen molar-refractivity contribution >= 4 is 87.2 Å². The van der Waals surface area contributed by atoms with E-state index in [2.05, 4.69) is 382 Å². The van der Waals surface area contributed by atoms with Crippen molar-refractivity contribution in [3.8, 4) is 107 Å². The smallest absolute Gasteiger partial charge is 0.140 e. The lowest BCUT2D eigenvalue weighted by Crippen LogP contribution is -2.06. The van der Waals surface area contributed by atoms with Crippen LogP contribution in [0.25, 0.3) is 188 Å². The third kappa shape index (κ3) is 9.23. The zero-order valence-electron chi connectivity index (χ0n) is 55.3. The molecule has 0 N–H and O–H groups in total. The maximum Gasteiger partial charge on any atom is 0.140 e. The normalized spacial score (nSPS) is 11.7. The van der Waals surface area contributed by atoms with E-state index in [0.29, 0.717) is 5.56 Å². The van der Waals surface area contributed by atoms with Crippen molar-refractivity contribution in [2.45, 2.75) is 0 Å². The monoisotopic (exact) mass is 1300 g/mol. The molecule has 0 bridgehead atoms. The number of fused-ring (bicyclic) bond motifs is 12. The Morgan fingerprint density at radius 2 is 0.441 bits per heavy atom. The Bertz CT molecular complexity index is 6480. The van der Waals surface area contributed by atoms with Gasteiger partial charge < -0.3 is 9.13 Å². The highest BCUT2D eigenvalue weighted by Crippen LogP contribution is 2.54. The van der Waals surface area contributed by atoms with E-state index in [4.69, 9.17) is 4.98 Å². The Morgan fingerprint density at radius 1 is 0.196 bits per heavy atom. The third-order valence-corrected chi connectivity index (χ3v) is 20.8. The maximum atomic E-state index is 12.2. The van der Waals surface area contributed by atoms with Crippen molar-refractivity contribution in [2.75, 3.05) is 0 Å². The van der Waals surface area contributed by atoms with Crippen molar-refractivity contribution < 1.29 is 0 Å². The molecule has 0 radical (unpaired) electrons. The van der Waals surface area contributed by atoms with E-state index >= 15 is 0 Å². The lowest BCUT2D eigenvalue weighted by molar-refractivity contribution is 1.01. The minimum absolute atomic E-state index is 0.584. The van der Waals surface area contributed by atoms with Gasteiger partial charge in [-0.2, -0.15) is 5.26 Å². The molecule has 6 heteroatoms. The molecule has 0 aliphatic heterocycles. The minimum Gasteiger partial charge on any atom is -0.309 e. The molecule has 0 spiro atoms. The molecule has 20 aromatic rings. The van der Waals surface area contributed by atoms with Gasteiger partial charge in [0.05, 0.1) is 49.7 Å². The molecule has 0 aliphatic rings. The Hall–Kier alpha value is -13.9. The largest absolute Gasteiger partial charge is 0.309 e. The second-order valence-corrected chi connectivity index (χ2v) is 26.4. The van der Waals surface area contributed by atoms with Gasteiger partial charge in [-0.05, 0) is 176 Å². The minimum atomic E-state index is 0.584. The number of para-hydroxylation sites is 6. The quantitative estimate of drug-likeness (QED) is 0.130. The molecule has 20 rings (SSSR count). The SMILES string of the molecule is N#Cc1c(-c2ccccc2)c(-c2ccccc2)c(-c2ccccc2)c(-c2cc(-n3c4ccccc4c4cc(-c5ccc6c(c5)c5ccccc5n6-c5ccccc5)ccc43)nc(-n3c4ccccc4c4cc(-c5ccc6c(c5)c5ccccc5n6-c5ccccc5)ccc43)c2)c1-c1ccccc1. The van der Waals surface area contributed by atoms with Crippen LogP contribution in [0.5, 0.6) is 0 Å². The van der Waals surface area contributed by atoms with Gasteiger partial charge in [-0.3, -0.25) is 9.13 Å². The molecular weight excluding hydrogens is 1240 g/mol. The molecule has 0 saturated heterocycles. The molecule has 474 valence electrons. The fraction of sp³-hybridized carbons (Fsp3) is 0. The standard InChI is InChI=1S/C96H60N6/c97-61-81-92(62-27-7-1-8-28-62)94(64-31-11-3-12-32-64)95(65-33-13-4-14-34-65)96(93(81)63-29-9-2-10-30-63)70-59-90(101-84-45-25-21-41-75(84)79-57-68(49-53-88(79)101)66-47-51-86-77(55-66)73-39-19-23-43-82(73)99(86)71-35-15-5-16-36-71)98-91(60-70)102-85-46-26-22-42-76(85)80-58-69(50-54-89(80)102)67-48-52-87-78(56-67)74-40-20-24-44-83(74)100(87)72-37-17-6-18-38-72/h1-60H. The summed E-state index contributed by atoms with van der Waals surface area (Å²) in [4.78, 5) is 6.04. The molecule has 0 saturated carbocycles. The van der Waals surface area contributed by atoms with Gasteiger partial charge in [-0.15, -0.1) is 0 Å². The van der Waals surface area contributed by atoms with Crippen LogP contribution >= 0.6 is 0 Å². The number of nitriles is 1. The molecule has 0 amide bonds. The first-order valence-corrected chi connectivity index (χ1v) is 34.7. The van der Waals surface area contributed by atoms with Gasteiger partial charge in [-0.25, -0.2) is 4.98 Å². The number of nitrogens with zero attached hydrogens (tertiary/aromatic N) is 6. The van der Waals surface area contributed by atoms with E-state index in [1.165, 1.54) is 32.6 Å². The molecule has 102 heavy (non-hydrogen) atoms. The van der Waals surface area contributed by atoms with Gasteiger partial charge in [0.15, 0.2) is 0 Å². The molecule has 0 aliphatic carbocycles. The van der Waals surface area contributed by atoms with Crippen LogP contribution in [0, 0.1) is 11.3 Å². The predicted molar refractivity (Wildman–Crippen MR) is 424 cm³/mol. The van der Waals surface area contributed by atoms with Crippen molar-refractivity contribution in [3.05, 3.63) is 370 Å². The summed E-state index contributed by atoms with van der Waals surface area (Å²) in [6, 6.07) is 134. The second-order valence-electron chi connectivity index (χ2n) is 26.4. The van der Waals surface area contributed by atoms with Gasteiger partial charge in [0.2, 0.25) is 0 Å². The summed E-state index contributed by atoms with van der Waals surface area (Å²) in [6.45, 7) is 0. The van der Waals surface area contributed by atoms with Crippen LogP contribution in [0.3, 0.4) is 0 Å². The second kappa shape index (κ2) is 23.7. The summed E-state index contributed by atoms with van der Waals surface area (Å²) in [6.07, 6.45) is 0. The van der Waals surface area contributed by atoms with Crippen molar-refractivity contribution in [1.82, 2.24) is 23.3 Å². The van der Waals surface area contributed by atoms with E-state index in [-0.39, 0.29) is 0 Å². The lowest BCUT2D eigenvalue weighted by Gasteiger charge is -2.26. The summed E-state index contributed by atoms with van der Waals surface area (Å²) in [5.41, 5.74) is 25.5. The fourth-order valence-corrected chi connectivity index (χ4v) is 16.4. The van der Waals surface area contributed by atoms with Crippen molar-refractivity contribution in [1.29, 1.82) is 5.26 Å². The molecule has 5 heterocycles. The van der Waals surface area contributed by atoms with Crippen LogP contribution in [0.15, 0.2) is 364 Å². The first-order valence-electron chi connectivity index (χ1n) is 34.7. The van der Waals surface area contributed by atoms with Crippen LogP contribution in [0.2, 0.25) is 0 Å². The highest BCUT2D eigenvalue weighted by Gasteiger charge is 2.31.